The highest BCUT2D eigenvalue weighted by molar-refractivity contribution is 7.81. The van der Waals surface area contributed by atoms with Crippen molar-refractivity contribution in [2.24, 2.45) is 0 Å². The van der Waals surface area contributed by atoms with E-state index in [1.54, 1.807) is 6.07 Å². The molecule has 1 aromatic heterocycles. The molecule has 0 aliphatic heterocycles. The Labute approximate surface area is 133 Å². The van der Waals surface area contributed by atoms with E-state index in [0.29, 0.717) is 0 Å². The first-order valence-electron chi connectivity index (χ1n) is 6.22. The maximum absolute atomic E-state index is 13.8. The first-order valence-corrected chi connectivity index (χ1v) is 7.50. The van der Waals surface area contributed by atoms with Crippen molar-refractivity contribution in [1.29, 1.82) is 0 Å². The third-order valence-corrected chi connectivity index (χ3v) is 2.63. The van der Waals surface area contributed by atoms with Gasteiger partial charge >= 0.3 is 16.8 Å². The number of halogens is 6. The molecular formula is C12H11F6N3O2S. The Morgan fingerprint density at radius 2 is 1.71 bits per heavy atom. The monoisotopic (exact) mass is 375 g/mol. The SMILES string of the molecule is CC(C)c1ccc(-n2cnc(C(F)(F)F)n2)c(F)c1.O=S(=O)(F)F. The van der Waals surface area contributed by atoms with E-state index in [4.69, 9.17) is 8.42 Å². The molecule has 0 bridgehead atoms. The van der Waals surface area contributed by atoms with E-state index in [0.717, 1.165) is 16.6 Å². The molecular weight excluding hydrogens is 364 g/mol. The van der Waals surface area contributed by atoms with Crippen LogP contribution in [-0.4, -0.2) is 23.2 Å². The van der Waals surface area contributed by atoms with Gasteiger partial charge in [0.15, 0.2) is 0 Å². The first-order chi connectivity index (χ1) is 10.8. The second kappa shape index (κ2) is 7.20. The van der Waals surface area contributed by atoms with Crippen LogP contribution in [0.3, 0.4) is 0 Å². The molecule has 0 unspecified atom stereocenters. The van der Waals surface area contributed by atoms with E-state index in [-0.39, 0.29) is 11.6 Å². The lowest BCUT2D eigenvalue weighted by Gasteiger charge is -2.08. The largest absolute Gasteiger partial charge is 0.476 e. The fourth-order valence-electron chi connectivity index (χ4n) is 1.58. The van der Waals surface area contributed by atoms with Crippen LogP contribution in [0.15, 0.2) is 24.5 Å². The molecule has 0 aliphatic rings. The summed E-state index contributed by atoms with van der Waals surface area (Å²) in [5, 5.41) is 3.23. The van der Waals surface area contributed by atoms with Gasteiger partial charge in [-0.05, 0) is 23.6 Å². The molecule has 0 atom stereocenters. The van der Waals surface area contributed by atoms with Crippen LogP contribution >= 0.6 is 0 Å². The molecule has 0 N–H and O–H groups in total. The van der Waals surface area contributed by atoms with Gasteiger partial charge in [0, 0.05) is 0 Å². The second-order valence-corrected chi connectivity index (χ2v) is 5.51. The predicted molar refractivity (Wildman–Crippen MR) is 71.5 cm³/mol. The van der Waals surface area contributed by atoms with E-state index in [9.17, 15) is 25.3 Å². The summed E-state index contributed by atoms with van der Waals surface area (Å²) in [6, 6.07) is 4.33. The van der Waals surface area contributed by atoms with Crippen LogP contribution in [0.5, 0.6) is 0 Å². The van der Waals surface area contributed by atoms with E-state index in [1.165, 1.54) is 12.1 Å². The Bertz CT molecular complexity index is 793. The quantitative estimate of drug-likeness (QED) is 0.593. The van der Waals surface area contributed by atoms with E-state index >= 15 is 0 Å². The number of hydrogen-bond donors (Lipinski definition) is 0. The standard InChI is InChI=1S/C12H11F4N3.F2O2S/c1-7(2)8-3-4-10(9(13)5-8)19-6-17-11(18-19)12(14,15)16;1-5(2,3)4/h3-7H,1-2H3;. The molecule has 24 heavy (non-hydrogen) atoms. The number of hydrogen-bond acceptors (Lipinski definition) is 4. The van der Waals surface area contributed by atoms with Crippen molar-refractivity contribution in [3.05, 3.63) is 41.7 Å². The maximum atomic E-state index is 13.8. The Morgan fingerprint density at radius 3 is 2.08 bits per heavy atom. The van der Waals surface area contributed by atoms with Gasteiger partial charge in [0.2, 0.25) is 0 Å². The molecule has 5 nitrogen and oxygen atoms in total. The molecule has 1 heterocycles. The molecule has 1 aromatic carbocycles. The Kier molecular flexibility index (Phi) is 5.98. The Hall–Kier alpha value is -2.11. The summed E-state index contributed by atoms with van der Waals surface area (Å²) in [6.45, 7) is 3.79. The van der Waals surface area contributed by atoms with Crippen LogP contribution in [-0.2, 0) is 16.8 Å². The van der Waals surface area contributed by atoms with Crippen LogP contribution in [0.25, 0.3) is 5.69 Å². The van der Waals surface area contributed by atoms with Gasteiger partial charge in [-0.2, -0.15) is 21.6 Å². The Balaban J connectivity index is 0.000000505. The summed E-state index contributed by atoms with van der Waals surface area (Å²) in [6.07, 6.45) is -3.80. The normalized spacial score (nSPS) is 12.0. The predicted octanol–water partition coefficient (Wildman–Crippen LogP) is 3.72. The van der Waals surface area contributed by atoms with Crippen LogP contribution in [0, 0.1) is 5.82 Å². The van der Waals surface area contributed by atoms with Gasteiger partial charge in [0.1, 0.15) is 17.8 Å². The van der Waals surface area contributed by atoms with Crippen molar-refractivity contribution >= 4 is 10.6 Å². The zero-order valence-electron chi connectivity index (χ0n) is 12.2. The lowest BCUT2D eigenvalue weighted by molar-refractivity contribution is -0.144. The van der Waals surface area contributed by atoms with Crippen LogP contribution in [0.1, 0.15) is 31.2 Å². The molecule has 0 aliphatic carbocycles. The van der Waals surface area contributed by atoms with Crippen molar-refractivity contribution in [2.45, 2.75) is 25.9 Å². The molecule has 0 spiro atoms. The Morgan fingerprint density at radius 1 is 1.17 bits per heavy atom. The highest BCUT2D eigenvalue weighted by Gasteiger charge is 2.36. The summed E-state index contributed by atoms with van der Waals surface area (Å²) >= 11 is 0. The van der Waals surface area contributed by atoms with Crippen LogP contribution < -0.4 is 0 Å². The number of rotatable bonds is 2. The second-order valence-electron chi connectivity index (χ2n) is 4.75. The molecule has 2 rings (SSSR count). The first kappa shape index (κ1) is 19.9. The van der Waals surface area contributed by atoms with E-state index in [1.807, 2.05) is 13.8 Å². The van der Waals surface area contributed by atoms with Gasteiger partial charge < -0.3 is 0 Å². The minimum Gasteiger partial charge on any atom is -0.217 e. The number of nitrogens with zero attached hydrogens (tertiary/aromatic N) is 3. The maximum Gasteiger partial charge on any atom is 0.476 e. The minimum absolute atomic E-state index is 0.0626. The molecule has 134 valence electrons. The lowest BCUT2D eigenvalue weighted by Crippen LogP contribution is -2.09. The highest BCUT2D eigenvalue weighted by atomic mass is 32.3. The van der Waals surface area contributed by atoms with Gasteiger partial charge in [0.25, 0.3) is 5.82 Å². The summed E-state index contributed by atoms with van der Waals surface area (Å²) in [5.41, 5.74) is 0.699. The fourth-order valence-corrected chi connectivity index (χ4v) is 1.58. The van der Waals surface area contributed by atoms with E-state index < -0.39 is 28.4 Å². The minimum atomic E-state index is -5.67. The van der Waals surface area contributed by atoms with Crippen molar-refractivity contribution in [3.8, 4) is 5.69 Å². The van der Waals surface area contributed by atoms with Gasteiger partial charge in [-0.15, -0.1) is 5.10 Å². The topological polar surface area (TPSA) is 64.8 Å². The van der Waals surface area contributed by atoms with Crippen LogP contribution in [0.2, 0.25) is 0 Å². The molecule has 0 radical (unpaired) electrons. The molecule has 0 fully saturated rings. The molecule has 2 aromatic rings. The van der Waals surface area contributed by atoms with E-state index in [2.05, 4.69) is 10.1 Å². The van der Waals surface area contributed by atoms with Gasteiger partial charge in [0.05, 0.1) is 0 Å². The summed E-state index contributed by atoms with van der Waals surface area (Å²) in [4.78, 5) is 3.12. The smallest absolute Gasteiger partial charge is 0.217 e. The molecule has 0 saturated heterocycles. The number of benzene rings is 1. The third-order valence-electron chi connectivity index (χ3n) is 2.63. The molecule has 0 saturated carbocycles. The zero-order valence-corrected chi connectivity index (χ0v) is 13.0. The average molecular weight is 375 g/mol. The number of alkyl halides is 3. The molecule has 12 heteroatoms. The summed E-state index contributed by atoms with van der Waals surface area (Å²) in [5.74, 6) is -1.80. The van der Waals surface area contributed by atoms with Gasteiger partial charge in [-0.25, -0.2) is 14.1 Å². The number of aromatic nitrogens is 3. The van der Waals surface area contributed by atoms with Crippen molar-refractivity contribution in [3.63, 3.8) is 0 Å². The lowest BCUT2D eigenvalue weighted by atomic mass is 10.0. The highest BCUT2D eigenvalue weighted by Crippen LogP contribution is 2.26. The zero-order chi connectivity index (χ0) is 18.7. The van der Waals surface area contributed by atoms with Crippen molar-refractivity contribution in [1.82, 2.24) is 14.8 Å². The average Bonchev–Trinajstić information content (AvgIpc) is 2.85. The van der Waals surface area contributed by atoms with Crippen LogP contribution in [0.4, 0.5) is 25.3 Å². The van der Waals surface area contributed by atoms with Crippen molar-refractivity contribution < 1.29 is 33.8 Å². The summed E-state index contributed by atoms with van der Waals surface area (Å²) < 4.78 is 88.3. The third kappa shape index (κ3) is 6.18. The van der Waals surface area contributed by atoms with Crippen molar-refractivity contribution in [2.75, 3.05) is 0 Å². The fraction of sp³-hybridized carbons (Fsp3) is 0.333. The molecule has 0 amide bonds. The summed E-state index contributed by atoms with van der Waals surface area (Å²) in [7, 11) is -5.67. The van der Waals surface area contributed by atoms with Gasteiger partial charge in [-0.3, -0.25) is 0 Å². The van der Waals surface area contributed by atoms with Gasteiger partial charge in [-0.1, -0.05) is 27.7 Å².